The van der Waals surface area contributed by atoms with Crippen molar-refractivity contribution in [2.75, 3.05) is 0 Å². The van der Waals surface area contributed by atoms with Gasteiger partial charge in [-0.1, -0.05) is 165 Å². The molecule has 0 unspecified atom stereocenters. The van der Waals surface area contributed by atoms with E-state index in [1.807, 2.05) is 14.4 Å². The number of rotatable bonds is 43. The summed E-state index contributed by atoms with van der Waals surface area (Å²) >= 11 is 1.97. The Hall–Kier alpha value is -1.99. The van der Waals surface area contributed by atoms with Crippen LogP contribution in [-0.2, 0) is 53.0 Å². The minimum atomic E-state index is 1.03. The number of hydrogen-bond donors (Lipinski definition) is 0. The number of allylic oxidation sites excluding steroid dienone is 2. The van der Waals surface area contributed by atoms with Gasteiger partial charge in [-0.15, -0.1) is 0 Å². The molecule has 0 saturated carbocycles. The third-order valence-corrected chi connectivity index (χ3v) is 16.4. The average Bonchev–Trinajstić information content (AvgIpc) is 3.65. The molecule has 1 aliphatic rings. The maximum atomic E-state index is 13.0. The van der Waals surface area contributed by atoms with Crippen molar-refractivity contribution >= 4 is 11.4 Å². The molecule has 1 aliphatic heterocycles. The summed E-state index contributed by atoms with van der Waals surface area (Å²) in [6.45, 7) is 23.2. The molecular weight excluding hydrogens is 891 g/mol. The molecule has 1 heterocycles. The van der Waals surface area contributed by atoms with Crippen molar-refractivity contribution in [3.8, 4) is 0 Å². The van der Waals surface area contributed by atoms with Gasteiger partial charge in [-0.3, -0.25) is 0 Å². The third-order valence-electron chi connectivity index (χ3n) is 15.0. The summed E-state index contributed by atoms with van der Waals surface area (Å²) in [5, 5.41) is 2.81. The first-order valence-corrected chi connectivity index (χ1v) is 32.5. The number of benzene rings is 2. The second kappa shape index (κ2) is 42.4. The molecule has 3 heteroatoms. The van der Waals surface area contributed by atoms with E-state index in [-0.39, 0.29) is 0 Å². The van der Waals surface area contributed by atoms with Crippen LogP contribution in [0.1, 0.15) is 326 Å². The molecule has 70 heavy (non-hydrogen) atoms. The van der Waals surface area contributed by atoms with Crippen LogP contribution in [0.15, 0.2) is 35.4 Å². The van der Waals surface area contributed by atoms with Gasteiger partial charge in [0.05, 0.1) is 0 Å². The van der Waals surface area contributed by atoms with E-state index < -0.39 is 0 Å². The van der Waals surface area contributed by atoms with Crippen molar-refractivity contribution in [3.05, 3.63) is 85.5 Å². The van der Waals surface area contributed by atoms with Gasteiger partial charge >= 0.3 is 77.6 Å². The van der Waals surface area contributed by atoms with Crippen molar-refractivity contribution < 1.29 is 19.1 Å². The molecule has 0 saturated heterocycles. The second-order valence-electron chi connectivity index (χ2n) is 21.4. The average molecular weight is 1010 g/mol. The van der Waals surface area contributed by atoms with Crippen LogP contribution in [0.5, 0.6) is 0 Å². The quantitative estimate of drug-likeness (QED) is 0.0359. The first-order chi connectivity index (χ1) is 34.3. The van der Waals surface area contributed by atoms with Crippen LogP contribution in [0.3, 0.4) is 0 Å². The van der Waals surface area contributed by atoms with E-state index in [1.165, 1.54) is 232 Å². The summed E-state index contributed by atoms with van der Waals surface area (Å²) in [6.07, 6.45) is 49.2. The van der Waals surface area contributed by atoms with Crippen LogP contribution < -0.4 is 0 Å². The Labute approximate surface area is 444 Å². The Balaban J connectivity index is 0.00000135. The molecule has 0 N–H and O–H groups in total. The summed E-state index contributed by atoms with van der Waals surface area (Å²) in [6, 6.07) is 10.2. The summed E-state index contributed by atoms with van der Waals surface area (Å²) in [4.78, 5) is 0. The van der Waals surface area contributed by atoms with Gasteiger partial charge in [0.1, 0.15) is 0 Å². The molecule has 404 valence electrons. The fraction of sp³-hybridized carbons (Fsp3) is 0.761. The fourth-order valence-corrected chi connectivity index (χ4v) is 11.9. The van der Waals surface area contributed by atoms with Gasteiger partial charge in [-0.05, 0) is 160 Å². The Morgan fingerprint density at radius 3 is 0.900 bits per heavy atom. The van der Waals surface area contributed by atoms with E-state index in [9.17, 15) is 5.53 Å². The standard InChI is InChI=1S/C57H94N2.2C5H11.Ni/c1-9-17-25-27-29-32-39-52-46(34-20-12-4)42-50(43-47(52)35-21-13-5)56-54(38-24-16-8)55(41-31-19-11-3)57(59(56)58)51-44-48(36-22-14-6)53(49(45-51)37-23-15-7)40-33-30-28-26-18-10-2;2*1-3-5-4-2;/h42-45H,9-41H2,1-8H3;2*1,3-5H2,2H3;. The number of hydrogen-bond acceptors (Lipinski definition) is 0. The molecule has 0 aromatic heterocycles. The van der Waals surface area contributed by atoms with Crippen LogP contribution >= 0.6 is 0 Å². The van der Waals surface area contributed by atoms with Crippen LogP contribution in [0.2, 0.25) is 10.8 Å². The summed E-state index contributed by atoms with van der Waals surface area (Å²) < 4.78 is 1.73. The third kappa shape index (κ3) is 24.4. The zero-order valence-corrected chi connectivity index (χ0v) is 49.5. The van der Waals surface area contributed by atoms with Gasteiger partial charge in [-0.25, -0.2) is 4.70 Å². The SMILES string of the molecule is CCCCCCCCc1c(CCCC)cc(C2=C(CCCC)C(CCCCC)=C(c3cc(CCCC)c(CCCCCCCC)c(CCCC)c3)[N+]2=[N-])cc1CCCC.CCCC[CH2][Ni][CH2]CCCC. The molecule has 2 aromatic carbocycles. The molecule has 0 spiro atoms. The van der Waals surface area contributed by atoms with Gasteiger partial charge in [-0.2, -0.15) is 0 Å². The van der Waals surface area contributed by atoms with E-state index in [1.54, 1.807) is 38.1 Å². The van der Waals surface area contributed by atoms with Crippen molar-refractivity contribution in [3.63, 3.8) is 0 Å². The Morgan fingerprint density at radius 1 is 0.300 bits per heavy atom. The topological polar surface area (TPSA) is 25.3 Å². The summed E-state index contributed by atoms with van der Waals surface area (Å²) in [5.41, 5.74) is 30.1. The first kappa shape index (κ1) is 64.1. The van der Waals surface area contributed by atoms with E-state index in [4.69, 9.17) is 0 Å². The molecule has 2 aromatic rings. The number of aryl methyl sites for hydroxylation is 4. The maximum absolute atomic E-state index is 13.0. The van der Waals surface area contributed by atoms with Crippen molar-refractivity contribution in [1.29, 1.82) is 0 Å². The van der Waals surface area contributed by atoms with Crippen LogP contribution in [0.4, 0.5) is 0 Å². The fourth-order valence-electron chi connectivity index (χ4n) is 10.6. The van der Waals surface area contributed by atoms with E-state index >= 15 is 0 Å². The normalized spacial score (nSPS) is 12.8. The van der Waals surface area contributed by atoms with Gasteiger partial charge in [0, 0.05) is 22.3 Å². The molecule has 0 amide bonds. The predicted molar refractivity (Wildman–Crippen MR) is 311 cm³/mol. The molecular formula is C67H116N2Ni. The van der Waals surface area contributed by atoms with Crippen molar-refractivity contribution in [1.82, 2.24) is 0 Å². The number of nitrogens with zero attached hydrogens (tertiary/aromatic N) is 2. The summed E-state index contributed by atoms with van der Waals surface area (Å²) in [5.74, 6) is 0. The van der Waals surface area contributed by atoms with Crippen LogP contribution in [-0.4, -0.2) is 4.70 Å². The molecule has 0 atom stereocenters. The molecule has 0 radical (unpaired) electrons. The summed E-state index contributed by atoms with van der Waals surface area (Å²) in [7, 11) is 0. The first-order valence-electron chi connectivity index (χ1n) is 31.1. The molecule has 2 nitrogen and oxygen atoms in total. The van der Waals surface area contributed by atoms with Gasteiger partial charge in [0.2, 0.25) is 11.4 Å². The number of unbranched alkanes of at least 4 members (excludes halogenated alkanes) is 21. The van der Waals surface area contributed by atoms with Crippen molar-refractivity contribution in [2.45, 2.75) is 330 Å². The monoisotopic (exact) mass is 1010 g/mol. The Morgan fingerprint density at radius 2 is 0.557 bits per heavy atom. The van der Waals surface area contributed by atoms with Gasteiger partial charge in [0.15, 0.2) is 0 Å². The molecule has 0 aliphatic carbocycles. The minimum absolute atomic E-state index is 1.03. The Kier molecular flexibility index (Phi) is 38.8. The van der Waals surface area contributed by atoms with E-state index in [2.05, 4.69) is 93.5 Å². The van der Waals surface area contributed by atoms with E-state index in [0.29, 0.717) is 0 Å². The van der Waals surface area contributed by atoms with E-state index in [0.717, 1.165) is 62.8 Å². The predicted octanol–water partition coefficient (Wildman–Crippen LogP) is 23.1. The molecule has 3 rings (SSSR count). The zero-order valence-electron chi connectivity index (χ0n) is 48.5. The second-order valence-corrected chi connectivity index (χ2v) is 22.9. The van der Waals surface area contributed by atoms with Crippen molar-refractivity contribution in [2.24, 2.45) is 0 Å². The molecule has 0 fully saturated rings. The van der Waals surface area contributed by atoms with Gasteiger partial charge < -0.3 is 5.53 Å². The van der Waals surface area contributed by atoms with Crippen LogP contribution in [0, 0.1) is 0 Å². The van der Waals surface area contributed by atoms with Gasteiger partial charge in [0.25, 0.3) is 0 Å². The molecule has 0 bridgehead atoms. The van der Waals surface area contributed by atoms with Crippen LogP contribution in [0.25, 0.3) is 16.9 Å². The Bertz CT molecular complexity index is 1640. The zero-order chi connectivity index (χ0) is 51.0.